The van der Waals surface area contributed by atoms with Crippen molar-refractivity contribution in [2.45, 2.75) is 20.0 Å². The number of carbonyl (C=O) groups is 1. The Hall–Kier alpha value is -2.30. The quantitative estimate of drug-likeness (QED) is 0.863. The van der Waals surface area contributed by atoms with Gasteiger partial charge in [0.15, 0.2) is 0 Å². The van der Waals surface area contributed by atoms with Gasteiger partial charge in [0, 0.05) is 11.3 Å². The summed E-state index contributed by atoms with van der Waals surface area (Å²) in [6.07, 6.45) is -4.46. The van der Waals surface area contributed by atoms with Gasteiger partial charge in [-0.05, 0) is 43.2 Å². The first-order chi connectivity index (χ1) is 9.79. The van der Waals surface area contributed by atoms with Crippen LogP contribution in [-0.2, 0) is 6.18 Å². The predicted molar refractivity (Wildman–Crippen MR) is 75.3 cm³/mol. The van der Waals surface area contributed by atoms with Gasteiger partial charge in [0.1, 0.15) is 0 Å². The molecule has 1 amide bonds. The second-order valence-electron chi connectivity index (χ2n) is 4.80. The highest BCUT2D eigenvalue weighted by Gasteiger charge is 2.30. The molecule has 0 heterocycles. The molecule has 0 radical (unpaired) electrons. The van der Waals surface area contributed by atoms with Gasteiger partial charge in [0.2, 0.25) is 0 Å². The Morgan fingerprint density at radius 2 is 1.57 bits per heavy atom. The fourth-order valence-corrected chi connectivity index (χ4v) is 2.03. The summed E-state index contributed by atoms with van der Waals surface area (Å²) in [7, 11) is 0. The van der Waals surface area contributed by atoms with Crippen LogP contribution >= 0.6 is 0 Å². The highest BCUT2D eigenvalue weighted by Crippen LogP contribution is 2.30. The van der Waals surface area contributed by atoms with Crippen molar-refractivity contribution in [3.8, 4) is 0 Å². The lowest BCUT2D eigenvalue weighted by Gasteiger charge is -2.12. The average Bonchev–Trinajstić information content (AvgIpc) is 2.42. The van der Waals surface area contributed by atoms with Crippen LogP contribution in [0.4, 0.5) is 18.9 Å². The zero-order valence-electron chi connectivity index (χ0n) is 11.6. The van der Waals surface area contributed by atoms with Gasteiger partial charge in [-0.1, -0.05) is 24.3 Å². The van der Waals surface area contributed by atoms with E-state index in [4.69, 9.17) is 0 Å². The van der Waals surface area contributed by atoms with Crippen LogP contribution < -0.4 is 5.32 Å². The number of nitrogens with one attached hydrogen (secondary N) is 1. The minimum Gasteiger partial charge on any atom is -0.322 e. The number of hydrogen-bond donors (Lipinski definition) is 1. The molecule has 2 rings (SSSR count). The van der Waals surface area contributed by atoms with Crippen molar-refractivity contribution in [3.63, 3.8) is 0 Å². The molecule has 0 atom stereocenters. The van der Waals surface area contributed by atoms with Crippen molar-refractivity contribution >= 4 is 11.6 Å². The molecule has 5 heteroatoms. The third-order valence-corrected chi connectivity index (χ3v) is 3.17. The van der Waals surface area contributed by atoms with Crippen LogP contribution in [0.1, 0.15) is 27.0 Å². The maximum atomic E-state index is 12.7. The Labute approximate surface area is 120 Å². The van der Waals surface area contributed by atoms with E-state index in [9.17, 15) is 18.0 Å². The molecule has 0 aromatic heterocycles. The minimum absolute atomic E-state index is 0.0209. The second-order valence-corrected chi connectivity index (χ2v) is 4.80. The molecule has 21 heavy (non-hydrogen) atoms. The van der Waals surface area contributed by atoms with E-state index < -0.39 is 17.6 Å². The van der Waals surface area contributed by atoms with Crippen molar-refractivity contribution in [1.82, 2.24) is 0 Å². The molecule has 110 valence electrons. The van der Waals surface area contributed by atoms with Gasteiger partial charge in [-0.3, -0.25) is 4.79 Å². The Bertz CT molecular complexity index is 657. The number of anilines is 1. The second kappa shape index (κ2) is 5.60. The smallest absolute Gasteiger partial charge is 0.322 e. The van der Waals surface area contributed by atoms with Crippen LogP contribution in [0.25, 0.3) is 0 Å². The number of para-hydroxylation sites is 1. The minimum atomic E-state index is -4.46. The van der Waals surface area contributed by atoms with Crippen LogP contribution in [0.2, 0.25) is 0 Å². The Morgan fingerprint density at radius 1 is 1.00 bits per heavy atom. The molecule has 2 aromatic rings. The number of halogens is 3. The predicted octanol–water partition coefficient (Wildman–Crippen LogP) is 4.57. The first-order valence-electron chi connectivity index (χ1n) is 6.34. The summed E-state index contributed by atoms with van der Waals surface area (Å²) in [6.45, 7) is 3.66. The monoisotopic (exact) mass is 293 g/mol. The largest absolute Gasteiger partial charge is 0.416 e. The van der Waals surface area contributed by atoms with Gasteiger partial charge in [-0.25, -0.2) is 0 Å². The lowest BCUT2D eigenvalue weighted by atomic mass is 10.1. The number of carbonyl (C=O) groups excluding carboxylic acids is 1. The maximum Gasteiger partial charge on any atom is 0.416 e. The van der Waals surface area contributed by atoms with E-state index in [1.54, 1.807) is 0 Å². The SMILES string of the molecule is Cc1cccc(C)c1NC(=O)c1cccc(C(F)(F)F)c1. The Balaban J connectivity index is 2.29. The zero-order chi connectivity index (χ0) is 15.6. The third-order valence-electron chi connectivity index (χ3n) is 3.17. The summed E-state index contributed by atoms with van der Waals surface area (Å²) < 4.78 is 38.0. The average molecular weight is 293 g/mol. The summed E-state index contributed by atoms with van der Waals surface area (Å²) >= 11 is 0. The molecule has 0 aliphatic rings. The lowest BCUT2D eigenvalue weighted by Crippen LogP contribution is -2.15. The number of aryl methyl sites for hydroxylation is 2. The van der Waals surface area contributed by atoms with E-state index in [0.717, 1.165) is 23.3 Å². The molecule has 2 aromatic carbocycles. The van der Waals surface area contributed by atoms with Crippen LogP contribution in [0.15, 0.2) is 42.5 Å². The molecule has 0 bridgehead atoms. The van der Waals surface area contributed by atoms with Gasteiger partial charge in [0.05, 0.1) is 5.56 Å². The summed E-state index contributed by atoms with van der Waals surface area (Å²) in [5.41, 5.74) is 1.48. The van der Waals surface area contributed by atoms with Crippen molar-refractivity contribution < 1.29 is 18.0 Å². The molecule has 1 N–H and O–H groups in total. The van der Waals surface area contributed by atoms with Gasteiger partial charge < -0.3 is 5.32 Å². The molecule has 0 aliphatic heterocycles. The van der Waals surface area contributed by atoms with Crippen LogP contribution in [0.3, 0.4) is 0 Å². The summed E-state index contributed by atoms with van der Waals surface area (Å²) in [5.74, 6) is -0.557. The van der Waals surface area contributed by atoms with Crippen molar-refractivity contribution in [2.75, 3.05) is 5.32 Å². The van der Waals surface area contributed by atoms with Crippen LogP contribution in [0.5, 0.6) is 0 Å². The molecule has 0 unspecified atom stereocenters. The number of rotatable bonds is 2. The highest BCUT2D eigenvalue weighted by molar-refractivity contribution is 6.05. The molecular formula is C16H14F3NO. The van der Waals surface area contributed by atoms with E-state index in [-0.39, 0.29) is 5.56 Å². The lowest BCUT2D eigenvalue weighted by molar-refractivity contribution is -0.137. The van der Waals surface area contributed by atoms with E-state index in [0.29, 0.717) is 5.69 Å². The Kier molecular flexibility index (Phi) is 4.02. The standard InChI is InChI=1S/C16H14F3NO/c1-10-5-3-6-11(2)14(10)20-15(21)12-7-4-8-13(9-12)16(17,18)19/h3-9H,1-2H3,(H,20,21). The summed E-state index contributed by atoms with van der Waals surface area (Å²) in [4.78, 5) is 12.1. The topological polar surface area (TPSA) is 29.1 Å². The van der Waals surface area contributed by atoms with Crippen molar-refractivity contribution in [3.05, 3.63) is 64.7 Å². The molecule has 0 fully saturated rings. The third kappa shape index (κ3) is 3.42. The molecule has 0 saturated heterocycles. The van der Waals surface area contributed by atoms with Gasteiger partial charge in [-0.15, -0.1) is 0 Å². The van der Waals surface area contributed by atoms with Gasteiger partial charge in [0.25, 0.3) is 5.91 Å². The fraction of sp³-hybridized carbons (Fsp3) is 0.188. The molecule has 0 saturated carbocycles. The van der Waals surface area contributed by atoms with Gasteiger partial charge in [-0.2, -0.15) is 13.2 Å². The zero-order valence-corrected chi connectivity index (χ0v) is 11.6. The van der Waals surface area contributed by atoms with Crippen molar-refractivity contribution in [1.29, 1.82) is 0 Å². The first-order valence-corrected chi connectivity index (χ1v) is 6.34. The molecule has 2 nitrogen and oxygen atoms in total. The number of alkyl halides is 3. The highest BCUT2D eigenvalue weighted by atomic mass is 19.4. The molecular weight excluding hydrogens is 279 g/mol. The fourth-order valence-electron chi connectivity index (χ4n) is 2.03. The van der Waals surface area contributed by atoms with E-state index >= 15 is 0 Å². The number of benzene rings is 2. The van der Waals surface area contributed by atoms with Crippen LogP contribution in [0, 0.1) is 13.8 Å². The number of amides is 1. The van der Waals surface area contributed by atoms with E-state index in [1.807, 2.05) is 32.0 Å². The molecule has 0 aliphatic carbocycles. The number of hydrogen-bond acceptors (Lipinski definition) is 1. The normalized spacial score (nSPS) is 11.3. The molecule has 0 spiro atoms. The first kappa shape index (κ1) is 15.1. The van der Waals surface area contributed by atoms with Crippen LogP contribution in [-0.4, -0.2) is 5.91 Å². The summed E-state index contributed by atoms with van der Waals surface area (Å²) in [6, 6.07) is 9.88. The van der Waals surface area contributed by atoms with Gasteiger partial charge >= 0.3 is 6.18 Å². The van der Waals surface area contributed by atoms with E-state index in [2.05, 4.69) is 5.32 Å². The maximum absolute atomic E-state index is 12.7. The van der Waals surface area contributed by atoms with E-state index in [1.165, 1.54) is 12.1 Å². The Morgan fingerprint density at radius 3 is 2.14 bits per heavy atom. The summed E-state index contributed by atoms with van der Waals surface area (Å²) in [5, 5.41) is 2.67. The van der Waals surface area contributed by atoms with Crippen molar-refractivity contribution in [2.24, 2.45) is 0 Å².